The van der Waals surface area contributed by atoms with Crippen LogP contribution in [0.5, 0.6) is 0 Å². The van der Waals surface area contributed by atoms with E-state index in [0.29, 0.717) is 0 Å². The van der Waals surface area contributed by atoms with Gasteiger partial charge in [0.1, 0.15) is 0 Å². The molecular formula is C14H23ClN2S. The number of nitrogens with zero attached hydrogens (tertiary/aromatic N) is 1. The quantitative estimate of drug-likeness (QED) is 0.768. The molecule has 1 heterocycles. The molecule has 4 heteroatoms. The van der Waals surface area contributed by atoms with Crippen LogP contribution in [0.4, 0.5) is 0 Å². The predicted molar refractivity (Wildman–Crippen MR) is 80.5 cm³/mol. The molecule has 1 aliphatic rings. The van der Waals surface area contributed by atoms with Crippen molar-refractivity contribution < 1.29 is 0 Å². The molecule has 0 amide bonds. The number of hydrogen-bond donors (Lipinski definition) is 1. The second kappa shape index (κ2) is 7.49. The first-order chi connectivity index (χ1) is 8.74. The maximum Gasteiger partial charge on any atom is 0.0931 e. The van der Waals surface area contributed by atoms with Gasteiger partial charge in [-0.05, 0) is 51.5 Å². The summed E-state index contributed by atoms with van der Waals surface area (Å²) in [6.45, 7) is 3.32. The van der Waals surface area contributed by atoms with E-state index in [2.05, 4.69) is 23.3 Å². The monoisotopic (exact) mass is 286 g/mol. The SMILES string of the molecule is CN(CCCNC1CCCC1)Cc1ccc(Cl)s1. The summed E-state index contributed by atoms with van der Waals surface area (Å²) in [4.78, 5) is 3.73. The third kappa shape index (κ3) is 4.88. The van der Waals surface area contributed by atoms with Gasteiger partial charge in [-0.25, -0.2) is 0 Å². The largest absolute Gasteiger partial charge is 0.314 e. The third-order valence-corrected chi connectivity index (χ3v) is 4.78. The molecule has 1 N–H and O–H groups in total. The van der Waals surface area contributed by atoms with Gasteiger partial charge in [0.05, 0.1) is 4.34 Å². The van der Waals surface area contributed by atoms with Gasteiger partial charge in [-0.15, -0.1) is 11.3 Å². The van der Waals surface area contributed by atoms with E-state index >= 15 is 0 Å². The Morgan fingerprint density at radius 1 is 1.39 bits per heavy atom. The molecule has 1 aromatic heterocycles. The van der Waals surface area contributed by atoms with E-state index in [-0.39, 0.29) is 0 Å². The summed E-state index contributed by atoms with van der Waals surface area (Å²) in [5.74, 6) is 0. The van der Waals surface area contributed by atoms with Crippen LogP contribution in [-0.4, -0.2) is 31.1 Å². The summed E-state index contributed by atoms with van der Waals surface area (Å²) in [5.41, 5.74) is 0. The highest BCUT2D eigenvalue weighted by molar-refractivity contribution is 7.16. The topological polar surface area (TPSA) is 15.3 Å². The highest BCUT2D eigenvalue weighted by Crippen LogP contribution is 2.22. The molecule has 1 aliphatic carbocycles. The minimum atomic E-state index is 0.798. The second-order valence-electron chi connectivity index (χ2n) is 5.23. The number of halogens is 1. The first-order valence-electron chi connectivity index (χ1n) is 6.90. The van der Waals surface area contributed by atoms with Gasteiger partial charge in [0, 0.05) is 17.5 Å². The third-order valence-electron chi connectivity index (χ3n) is 3.56. The summed E-state index contributed by atoms with van der Waals surface area (Å²) >= 11 is 7.62. The van der Waals surface area contributed by atoms with Crippen LogP contribution in [0.3, 0.4) is 0 Å². The predicted octanol–water partition coefficient (Wildman–Crippen LogP) is 3.76. The molecule has 0 aromatic carbocycles. The molecule has 1 saturated carbocycles. The lowest BCUT2D eigenvalue weighted by Gasteiger charge is -2.17. The highest BCUT2D eigenvalue weighted by atomic mass is 35.5. The van der Waals surface area contributed by atoms with Crippen molar-refractivity contribution in [2.45, 2.75) is 44.7 Å². The Bertz CT molecular complexity index is 347. The Morgan fingerprint density at radius 3 is 2.83 bits per heavy atom. The van der Waals surface area contributed by atoms with Crippen LogP contribution >= 0.6 is 22.9 Å². The number of rotatable bonds is 7. The fourth-order valence-electron chi connectivity index (χ4n) is 2.57. The van der Waals surface area contributed by atoms with E-state index in [1.54, 1.807) is 11.3 Å². The molecular weight excluding hydrogens is 264 g/mol. The Hall–Kier alpha value is -0.0900. The summed E-state index contributed by atoms with van der Waals surface area (Å²) in [7, 11) is 2.18. The zero-order chi connectivity index (χ0) is 12.8. The second-order valence-corrected chi connectivity index (χ2v) is 7.03. The van der Waals surface area contributed by atoms with Crippen molar-refractivity contribution in [3.8, 4) is 0 Å². The minimum Gasteiger partial charge on any atom is -0.314 e. The molecule has 1 fully saturated rings. The molecule has 102 valence electrons. The summed E-state index contributed by atoms with van der Waals surface area (Å²) < 4.78 is 0.890. The normalized spacial score (nSPS) is 16.8. The fourth-order valence-corrected chi connectivity index (χ4v) is 3.73. The molecule has 2 nitrogen and oxygen atoms in total. The van der Waals surface area contributed by atoms with Gasteiger partial charge in [-0.3, -0.25) is 0 Å². The molecule has 0 aliphatic heterocycles. The van der Waals surface area contributed by atoms with Gasteiger partial charge in [-0.2, -0.15) is 0 Å². The molecule has 0 spiro atoms. The average Bonchev–Trinajstić information content (AvgIpc) is 2.96. The smallest absolute Gasteiger partial charge is 0.0931 e. The highest BCUT2D eigenvalue weighted by Gasteiger charge is 2.13. The molecule has 0 atom stereocenters. The van der Waals surface area contributed by atoms with Crippen LogP contribution in [0.2, 0.25) is 4.34 Å². The summed E-state index contributed by atoms with van der Waals surface area (Å²) in [5, 5.41) is 3.66. The average molecular weight is 287 g/mol. The van der Waals surface area contributed by atoms with Crippen LogP contribution in [-0.2, 0) is 6.54 Å². The summed E-state index contributed by atoms with van der Waals surface area (Å²) in [6.07, 6.45) is 6.81. The molecule has 0 unspecified atom stereocenters. The molecule has 2 rings (SSSR count). The van der Waals surface area contributed by atoms with Gasteiger partial charge in [-0.1, -0.05) is 24.4 Å². The van der Waals surface area contributed by atoms with Crippen molar-refractivity contribution in [1.82, 2.24) is 10.2 Å². The van der Waals surface area contributed by atoms with E-state index in [1.165, 1.54) is 37.0 Å². The van der Waals surface area contributed by atoms with E-state index in [4.69, 9.17) is 11.6 Å². The van der Waals surface area contributed by atoms with Crippen LogP contribution in [0.25, 0.3) is 0 Å². The van der Waals surface area contributed by atoms with E-state index < -0.39 is 0 Å². The van der Waals surface area contributed by atoms with E-state index in [1.807, 2.05) is 6.07 Å². The van der Waals surface area contributed by atoms with Crippen LogP contribution in [0.15, 0.2) is 12.1 Å². The standard InChI is InChI=1S/C14H23ClN2S/c1-17(11-13-7-8-14(15)18-13)10-4-9-16-12-5-2-3-6-12/h7-8,12,16H,2-6,9-11H2,1H3. The number of nitrogens with one attached hydrogen (secondary N) is 1. The van der Waals surface area contributed by atoms with Crippen molar-refractivity contribution in [2.24, 2.45) is 0 Å². The maximum atomic E-state index is 5.93. The fraction of sp³-hybridized carbons (Fsp3) is 0.714. The van der Waals surface area contributed by atoms with Crippen molar-refractivity contribution in [2.75, 3.05) is 20.1 Å². The first kappa shape index (κ1) is 14.3. The lowest BCUT2D eigenvalue weighted by molar-refractivity contribution is 0.319. The first-order valence-corrected chi connectivity index (χ1v) is 8.09. The van der Waals surface area contributed by atoms with Crippen LogP contribution < -0.4 is 5.32 Å². The Balaban J connectivity index is 1.55. The Kier molecular flexibility index (Phi) is 5.96. The molecule has 0 saturated heterocycles. The van der Waals surface area contributed by atoms with Gasteiger partial charge in [0.15, 0.2) is 0 Å². The van der Waals surface area contributed by atoms with Crippen LogP contribution in [0, 0.1) is 0 Å². The van der Waals surface area contributed by atoms with Crippen molar-refractivity contribution >= 4 is 22.9 Å². The molecule has 18 heavy (non-hydrogen) atoms. The van der Waals surface area contributed by atoms with E-state index in [9.17, 15) is 0 Å². The van der Waals surface area contributed by atoms with Gasteiger partial charge in [0.2, 0.25) is 0 Å². The zero-order valence-corrected chi connectivity index (χ0v) is 12.7. The van der Waals surface area contributed by atoms with Gasteiger partial charge < -0.3 is 10.2 Å². The van der Waals surface area contributed by atoms with Crippen molar-refractivity contribution in [3.05, 3.63) is 21.3 Å². The van der Waals surface area contributed by atoms with Crippen LogP contribution in [0.1, 0.15) is 37.0 Å². The van der Waals surface area contributed by atoms with Crippen molar-refractivity contribution in [1.29, 1.82) is 0 Å². The number of hydrogen-bond acceptors (Lipinski definition) is 3. The Morgan fingerprint density at radius 2 is 2.17 bits per heavy atom. The zero-order valence-electron chi connectivity index (χ0n) is 11.1. The maximum absolute atomic E-state index is 5.93. The van der Waals surface area contributed by atoms with E-state index in [0.717, 1.165) is 30.0 Å². The number of thiophene rings is 1. The lowest BCUT2D eigenvalue weighted by atomic mass is 10.2. The van der Waals surface area contributed by atoms with Crippen molar-refractivity contribution in [3.63, 3.8) is 0 Å². The molecule has 0 bridgehead atoms. The molecule has 1 aromatic rings. The minimum absolute atomic E-state index is 0.798. The van der Waals surface area contributed by atoms with Gasteiger partial charge in [0.25, 0.3) is 0 Å². The Labute approximate surface area is 119 Å². The lowest BCUT2D eigenvalue weighted by Crippen LogP contribution is -2.29. The summed E-state index contributed by atoms with van der Waals surface area (Å²) in [6, 6.07) is 4.91. The molecule has 0 radical (unpaired) electrons. The van der Waals surface area contributed by atoms with Gasteiger partial charge >= 0.3 is 0 Å².